The fourth-order valence-electron chi connectivity index (χ4n) is 1.34. The van der Waals surface area contributed by atoms with Gasteiger partial charge in [0.25, 0.3) is 0 Å². The molecule has 3 nitrogen and oxygen atoms in total. The second-order valence-electron chi connectivity index (χ2n) is 3.55. The van der Waals surface area contributed by atoms with Crippen molar-refractivity contribution in [3.05, 3.63) is 30.2 Å². The van der Waals surface area contributed by atoms with Crippen molar-refractivity contribution in [2.24, 2.45) is 0 Å². The molecule has 0 saturated carbocycles. The van der Waals surface area contributed by atoms with Gasteiger partial charge in [-0.05, 0) is 12.0 Å². The first-order chi connectivity index (χ1) is 6.16. The zero-order valence-corrected chi connectivity index (χ0v) is 7.86. The first-order valence-electron chi connectivity index (χ1n) is 4.41. The molecule has 0 radical (unpaired) electrons. The quantitative estimate of drug-likeness (QED) is 0.720. The van der Waals surface area contributed by atoms with Crippen molar-refractivity contribution >= 4 is 11.3 Å². The Morgan fingerprint density at radius 3 is 2.92 bits per heavy atom. The maximum Gasteiger partial charge on any atom is 0.139 e. The summed E-state index contributed by atoms with van der Waals surface area (Å²) in [6.45, 7) is 4.26. The molecule has 2 N–H and O–H groups in total. The smallest absolute Gasteiger partial charge is 0.139 e. The lowest BCUT2D eigenvalue weighted by Crippen LogP contribution is -1.94. The summed E-state index contributed by atoms with van der Waals surface area (Å²) in [5.74, 6) is 0.459. The Bertz CT molecular complexity index is 429. The van der Waals surface area contributed by atoms with Crippen LogP contribution in [0.4, 0.5) is 5.69 Å². The maximum atomic E-state index is 5.66. The topological polar surface area (TPSA) is 43.3 Å². The molecule has 2 aromatic heterocycles. The highest BCUT2D eigenvalue weighted by molar-refractivity contribution is 5.53. The van der Waals surface area contributed by atoms with Crippen LogP contribution in [0.2, 0.25) is 0 Å². The van der Waals surface area contributed by atoms with Crippen LogP contribution in [0.5, 0.6) is 0 Å². The maximum absolute atomic E-state index is 5.66. The second-order valence-corrected chi connectivity index (χ2v) is 3.55. The number of hydrogen-bond donors (Lipinski definition) is 1. The van der Waals surface area contributed by atoms with Crippen molar-refractivity contribution in [1.29, 1.82) is 0 Å². The molecule has 0 unspecified atom stereocenters. The van der Waals surface area contributed by atoms with Gasteiger partial charge in [-0.3, -0.25) is 0 Å². The Kier molecular flexibility index (Phi) is 1.72. The summed E-state index contributed by atoms with van der Waals surface area (Å²) >= 11 is 0. The molecule has 2 heterocycles. The van der Waals surface area contributed by atoms with Crippen LogP contribution in [-0.4, -0.2) is 9.38 Å². The van der Waals surface area contributed by atoms with Crippen LogP contribution < -0.4 is 5.73 Å². The molecule has 13 heavy (non-hydrogen) atoms. The minimum atomic E-state index is 0.459. The Morgan fingerprint density at radius 1 is 1.46 bits per heavy atom. The first-order valence-corrected chi connectivity index (χ1v) is 4.41. The van der Waals surface area contributed by atoms with E-state index in [1.54, 1.807) is 0 Å². The predicted octanol–water partition coefficient (Wildman–Crippen LogP) is 2.04. The van der Waals surface area contributed by atoms with Gasteiger partial charge in [0.15, 0.2) is 0 Å². The van der Waals surface area contributed by atoms with Gasteiger partial charge in [0.1, 0.15) is 5.65 Å². The van der Waals surface area contributed by atoms with E-state index in [0.717, 1.165) is 17.0 Å². The van der Waals surface area contributed by atoms with Gasteiger partial charge in [-0.25, -0.2) is 4.98 Å². The molecule has 68 valence electrons. The Labute approximate surface area is 77.2 Å². The lowest BCUT2D eigenvalue weighted by Gasteiger charge is -2.03. The number of aromatic nitrogens is 2. The highest BCUT2D eigenvalue weighted by Gasteiger charge is 2.02. The average molecular weight is 175 g/mol. The molecular weight excluding hydrogens is 162 g/mol. The summed E-state index contributed by atoms with van der Waals surface area (Å²) in [5, 5.41) is 0. The van der Waals surface area contributed by atoms with Crippen molar-refractivity contribution in [1.82, 2.24) is 9.38 Å². The zero-order chi connectivity index (χ0) is 9.42. The molecule has 0 aliphatic rings. The van der Waals surface area contributed by atoms with Crippen LogP contribution in [0.3, 0.4) is 0 Å². The van der Waals surface area contributed by atoms with E-state index in [9.17, 15) is 0 Å². The van der Waals surface area contributed by atoms with Crippen molar-refractivity contribution < 1.29 is 0 Å². The number of nitrogens with two attached hydrogens (primary N) is 1. The normalized spacial score (nSPS) is 11.3. The summed E-state index contributed by atoms with van der Waals surface area (Å²) in [6.07, 6.45) is 3.86. The molecule has 2 aromatic rings. The van der Waals surface area contributed by atoms with E-state index in [1.807, 2.05) is 28.9 Å². The summed E-state index contributed by atoms with van der Waals surface area (Å²) in [5.41, 5.74) is 8.44. The molecule has 3 heteroatoms. The molecule has 0 aliphatic heterocycles. The van der Waals surface area contributed by atoms with Crippen molar-refractivity contribution in [3.63, 3.8) is 0 Å². The number of hydrogen-bond acceptors (Lipinski definition) is 2. The third-order valence-corrected chi connectivity index (χ3v) is 2.09. The fourth-order valence-corrected chi connectivity index (χ4v) is 1.34. The summed E-state index contributed by atoms with van der Waals surface area (Å²) in [7, 11) is 0. The minimum Gasteiger partial charge on any atom is -0.397 e. The molecule has 2 rings (SSSR count). The van der Waals surface area contributed by atoms with E-state index in [-0.39, 0.29) is 0 Å². The Hall–Kier alpha value is -1.51. The molecule has 0 amide bonds. The summed E-state index contributed by atoms with van der Waals surface area (Å²) in [6, 6.07) is 3.91. The Morgan fingerprint density at radius 2 is 2.23 bits per heavy atom. The number of anilines is 1. The summed E-state index contributed by atoms with van der Waals surface area (Å²) in [4.78, 5) is 4.48. The fraction of sp³-hybridized carbons (Fsp3) is 0.300. The highest BCUT2D eigenvalue weighted by atomic mass is 15.0. The van der Waals surface area contributed by atoms with Gasteiger partial charge >= 0.3 is 0 Å². The molecule has 0 bridgehead atoms. The van der Waals surface area contributed by atoms with Crippen LogP contribution in [0.25, 0.3) is 5.65 Å². The molecule has 0 fully saturated rings. The monoisotopic (exact) mass is 175 g/mol. The van der Waals surface area contributed by atoms with Gasteiger partial charge in [-0.2, -0.15) is 0 Å². The molecule has 0 atom stereocenters. The van der Waals surface area contributed by atoms with Crippen LogP contribution in [0.15, 0.2) is 24.5 Å². The first kappa shape index (κ1) is 8.10. The average Bonchev–Trinajstić information content (AvgIpc) is 2.42. The van der Waals surface area contributed by atoms with E-state index in [0.29, 0.717) is 5.92 Å². The molecule has 0 spiro atoms. The van der Waals surface area contributed by atoms with Gasteiger partial charge in [0.05, 0.1) is 5.69 Å². The lowest BCUT2D eigenvalue weighted by molar-refractivity contribution is 0.820. The van der Waals surface area contributed by atoms with Crippen molar-refractivity contribution in [2.45, 2.75) is 19.8 Å². The molecular formula is C10H13N3. The molecule has 0 aromatic carbocycles. The Balaban J connectivity index is 2.61. The van der Waals surface area contributed by atoms with Crippen LogP contribution in [0, 0.1) is 0 Å². The van der Waals surface area contributed by atoms with Gasteiger partial charge < -0.3 is 10.1 Å². The van der Waals surface area contributed by atoms with Gasteiger partial charge in [-0.1, -0.05) is 13.8 Å². The van der Waals surface area contributed by atoms with E-state index >= 15 is 0 Å². The van der Waals surface area contributed by atoms with E-state index in [2.05, 4.69) is 18.8 Å². The minimum absolute atomic E-state index is 0.459. The van der Waals surface area contributed by atoms with E-state index in [1.165, 1.54) is 0 Å². The van der Waals surface area contributed by atoms with E-state index < -0.39 is 0 Å². The number of nitrogen functional groups attached to an aromatic ring is 1. The van der Waals surface area contributed by atoms with Gasteiger partial charge in [-0.15, -0.1) is 0 Å². The largest absolute Gasteiger partial charge is 0.397 e. The summed E-state index contributed by atoms with van der Waals surface area (Å²) < 4.78 is 1.93. The SMILES string of the molecule is CC(C)c1ccn2cc(N)cc2n1. The second kappa shape index (κ2) is 2.76. The number of fused-ring (bicyclic) bond motifs is 1. The van der Waals surface area contributed by atoms with Crippen LogP contribution in [0.1, 0.15) is 25.5 Å². The molecule has 0 aliphatic carbocycles. The molecule has 0 saturated heterocycles. The number of nitrogens with zero attached hydrogens (tertiary/aromatic N) is 2. The van der Waals surface area contributed by atoms with Gasteiger partial charge in [0, 0.05) is 24.2 Å². The lowest BCUT2D eigenvalue weighted by atomic mass is 10.1. The standard InChI is InChI=1S/C10H13N3/c1-7(2)9-3-4-13-6-8(11)5-10(13)12-9/h3-7H,11H2,1-2H3. The van der Waals surface area contributed by atoms with Crippen molar-refractivity contribution in [3.8, 4) is 0 Å². The zero-order valence-electron chi connectivity index (χ0n) is 7.86. The van der Waals surface area contributed by atoms with Crippen molar-refractivity contribution in [2.75, 3.05) is 5.73 Å². The predicted molar refractivity (Wildman–Crippen MR) is 53.7 cm³/mol. The van der Waals surface area contributed by atoms with Crippen LogP contribution in [-0.2, 0) is 0 Å². The highest BCUT2D eigenvalue weighted by Crippen LogP contribution is 2.15. The number of rotatable bonds is 1. The third-order valence-electron chi connectivity index (χ3n) is 2.09. The van der Waals surface area contributed by atoms with Gasteiger partial charge in [0.2, 0.25) is 0 Å². The van der Waals surface area contributed by atoms with E-state index in [4.69, 9.17) is 5.73 Å². The van der Waals surface area contributed by atoms with Crippen LogP contribution >= 0.6 is 0 Å². The third kappa shape index (κ3) is 1.37.